The fourth-order valence-electron chi connectivity index (χ4n) is 2.09. The molecule has 1 aliphatic rings. The number of aliphatic hydroxyl groups is 1. The summed E-state index contributed by atoms with van der Waals surface area (Å²) >= 11 is 0. The minimum absolute atomic E-state index is 0.213. The maximum Gasteiger partial charge on any atom is 0.410 e. The zero-order chi connectivity index (χ0) is 13.3. The summed E-state index contributed by atoms with van der Waals surface area (Å²) in [5.41, 5.74) is -0.676. The van der Waals surface area contributed by atoms with Crippen LogP contribution in [0.5, 0.6) is 0 Å². The highest BCUT2D eigenvalue weighted by molar-refractivity contribution is 5.68. The van der Waals surface area contributed by atoms with Gasteiger partial charge in [0.05, 0.1) is 6.10 Å². The number of piperidine rings is 1. The van der Waals surface area contributed by atoms with Crippen molar-refractivity contribution in [2.24, 2.45) is 5.41 Å². The molecule has 1 rings (SSSR count). The fraction of sp³-hybridized carbons (Fsp3) is 0.923. The molecule has 17 heavy (non-hydrogen) atoms. The molecule has 0 aliphatic carbocycles. The van der Waals surface area contributed by atoms with E-state index < -0.39 is 11.7 Å². The first-order valence-corrected chi connectivity index (χ1v) is 6.30. The number of ether oxygens (including phenoxy) is 1. The maximum atomic E-state index is 11.9. The Balaban J connectivity index is 2.64. The molecule has 100 valence electrons. The summed E-state index contributed by atoms with van der Waals surface area (Å²) in [7, 11) is 0. The molecule has 4 nitrogen and oxygen atoms in total. The molecule has 0 aromatic heterocycles. The predicted octanol–water partition coefficient (Wildman–Crippen LogP) is 2.40. The van der Waals surface area contributed by atoms with Crippen molar-refractivity contribution in [1.82, 2.24) is 4.90 Å². The second-order valence-corrected chi connectivity index (χ2v) is 6.34. The first kappa shape index (κ1) is 14.3. The van der Waals surface area contributed by atoms with Crippen molar-refractivity contribution >= 4 is 6.09 Å². The Morgan fingerprint density at radius 3 is 2.53 bits per heavy atom. The normalized spacial score (nSPS) is 27.8. The van der Waals surface area contributed by atoms with Crippen LogP contribution in [0.3, 0.4) is 0 Å². The van der Waals surface area contributed by atoms with E-state index in [4.69, 9.17) is 4.74 Å². The highest BCUT2D eigenvalue weighted by Gasteiger charge is 2.38. The summed E-state index contributed by atoms with van der Waals surface area (Å²) in [6, 6.07) is 0. The summed E-state index contributed by atoms with van der Waals surface area (Å²) in [6.45, 7) is 10.7. The van der Waals surface area contributed by atoms with Crippen molar-refractivity contribution in [3.8, 4) is 0 Å². The Morgan fingerprint density at radius 2 is 2.06 bits per heavy atom. The average Bonchev–Trinajstić information content (AvgIpc) is 2.15. The van der Waals surface area contributed by atoms with Gasteiger partial charge in [0, 0.05) is 18.5 Å². The molecule has 1 heterocycles. The lowest BCUT2D eigenvalue weighted by Crippen LogP contribution is -2.50. The van der Waals surface area contributed by atoms with Gasteiger partial charge in [-0.2, -0.15) is 0 Å². The van der Waals surface area contributed by atoms with Gasteiger partial charge < -0.3 is 14.7 Å². The highest BCUT2D eigenvalue weighted by atomic mass is 16.6. The Hall–Kier alpha value is -0.770. The summed E-state index contributed by atoms with van der Waals surface area (Å²) in [5.74, 6) is 0. The van der Waals surface area contributed by atoms with Crippen molar-refractivity contribution in [2.75, 3.05) is 13.1 Å². The number of nitrogens with zero attached hydrogens (tertiary/aromatic N) is 1. The molecule has 0 aromatic carbocycles. The molecule has 1 fully saturated rings. The van der Waals surface area contributed by atoms with Crippen molar-refractivity contribution < 1.29 is 14.6 Å². The van der Waals surface area contributed by atoms with Crippen LogP contribution in [-0.4, -0.2) is 40.9 Å². The molecule has 0 radical (unpaired) electrons. The zero-order valence-electron chi connectivity index (χ0n) is 11.6. The SMILES string of the molecule is CC(O)C1(C)CCCN(C(=O)OC(C)(C)C)C1. The first-order valence-electron chi connectivity index (χ1n) is 6.30. The van der Waals surface area contributed by atoms with Gasteiger partial charge in [0.15, 0.2) is 0 Å². The third-order valence-electron chi connectivity index (χ3n) is 3.39. The van der Waals surface area contributed by atoms with E-state index in [1.54, 1.807) is 11.8 Å². The van der Waals surface area contributed by atoms with Gasteiger partial charge >= 0.3 is 6.09 Å². The number of amides is 1. The van der Waals surface area contributed by atoms with Crippen LogP contribution in [0.4, 0.5) is 4.79 Å². The van der Waals surface area contributed by atoms with E-state index in [0.717, 1.165) is 19.4 Å². The van der Waals surface area contributed by atoms with Gasteiger partial charge in [-0.05, 0) is 40.5 Å². The minimum atomic E-state index is -0.463. The van der Waals surface area contributed by atoms with Crippen LogP contribution < -0.4 is 0 Å². The van der Waals surface area contributed by atoms with E-state index in [1.807, 2.05) is 27.7 Å². The molecule has 1 N–H and O–H groups in total. The van der Waals surface area contributed by atoms with Crippen LogP contribution in [0.15, 0.2) is 0 Å². The van der Waals surface area contributed by atoms with Gasteiger partial charge in [-0.25, -0.2) is 4.79 Å². The van der Waals surface area contributed by atoms with E-state index in [1.165, 1.54) is 0 Å². The largest absolute Gasteiger partial charge is 0.444 e. The lowest BCUT2D eigenvalue weighted by molar-refractivity contribution is -0.0267. The van der Waals surface area contributed by atoms with Crippen molar-refractivity contribution in [1.29, 1.82) is 0 Å². The fourth-order valence-corrected chi connectivity index (χ4v) is 2.09. The van der Waals surface area contributed by atoms with E-state index in [-0.39, 0.29) is 11.5 Å². The topological polar surface area (TPSA) is 49.8 Å². The van der Waals surface area contributed by atoms with Crippen LogP contribution in [0, 0.1) is 5.41 Å². The van der Waals surface area contributed by atoms with Gasteiger partial charge in [0.2, 0.25) is 0 Å². The number of rotatable bonds is 1. The lowest BCUT2D eigenvalue weighted by Gasteiger charge is -2.42. The number of carbonyl (C=O) groups is 1. The highest BCUT2D eigenvalue weighted by Crippen LogP contribution is 2.33. The van der Waals surface area contributed by atoms with Crippen LogP contribution in [0.2, 0.25) is 0 Å². The molecule has 0 spiro atoms. The number of carbonyl (C=O) groups excluding carboxylic acids is 1. The quantitative estimate of drug-likeness (QED) is 0.769. The summed E-state index contributed by atoms with van der Waals surface area (Å²) in [6.07, 6.45) is 1.18. The molecule has 0 bridgehead atoms. The molecule has 1 saturated heterocycles. The maximum absolute atomic E-state index is 11.9. The van der Waals surface area contributed by atoms with E-state index >= 15 is 0 Å². The number of hydrogen-bond donors (Lipinski definition) is 1. The van der Waals surface area contributed by atoms with Crippen LogP contribution >= 0.6 is 0 Å². The summed E-state index contributed by atoms with van der Waals surface area (Å²) in [5, 5.41) is 9.79. The second-order valence-electron chi connectivity index (χ2n) is 6.34. The summed E-state index contributed by atoms with van der Waals surface area (Å²) < 4.78 is 5.36. The third-order valence-corrected chi connectivity index (χ3v) is 3.39. The van der Waals surface area contributed by atoms with E-state index in [0.29, 0.717) is 6.54 Å². The van der Waals surface area contributed by atoms with Crippen LogP contribution in [0.1, 0.15) is 47.5 Å². The van der Waals surface area contributed by atoms with Crippen LogP contribution in [0.25, 0.3) is 0 Å². The Morgan fingerprint density at radius 1 is 1.47 bits per heavy atom. The molecule has 4 heteroatoms. The molecule has 0 aromatic rings. The molecular formula is C13H25NO3. The Bertz CT molecular complexity index is 283. The molecule has 2 unspecified atom stereocenters. The van der Waals surface area contributed by atoms with Crippen molar-refractivity contribution in [2.45, 2.75) is 59.2 Å². The molecule has 2 atom stereocenters. The zero-order valence-corrected chi connectivity index (χ0v) is 11.6. The van der Waals surface area contributed by atoms with Crippen molar-refractivity contribution in [3.05, 3.63) is 0 Å². The van der Waals surface area contributed by atoms with Gasteiger partial charge in [-0.3, -0.25) is 0 Å². The van der Waals surface area contributed by atoms with Crippen molar-refractivity contribution in [3.63, 3.8) is 0 Å². The second kappa shape index (κ2) is 4.84. The monoisotopic (exact) mass is 243 g/mol. The Kier molecular flexibility index (Phi) is 4.07. The number of hydrogen-bond acceptors (Lipinski definition) is 3. The standard InChI is InChI=1S/C13H25NO3/c1-10(15)13(5)7-6-8-14(9-13)11(16)17-12(2,3)4/h10,15H,6-9H2,1-5H3. The minimum Gasteiger partial charge on any atom is -0.444 e. The number of aliphatic hydroxyl groups excluding tert-OH is 1. The van der Waals surface area contributed by atoms with E-state index in [2.05, 4.69) is 0 Å². The smallest absolute Gasteiger partial charge is 0.410 e. The van der Waals surface area contributed by atoms with E-state index in [9.17, 15) is 9.90 Å². The molecule has 0 saturated carbocycles. The lowest BCUT2D eigenvalue weighted by atomic mass is 9.78. The Labute approximate surface area is 104 Å². The third kappa shape index (κ3) is 3.87. The predicted molar refractivity (Wildman–Crippen MR) is 66.8 cm³/mol. The molecule has 1 amide bonds. The van der Waals surface area contributed by atoms with Gasteiger partial charge in [-0.1, -0.05) is 6.92 Å². The van der Waals surface area contributed by atoms with Gasteiger partial charge in [0.25, 0.3) is 0 Å². The molecular weight excluding hydrogens is 218 g/mol. The number of likely N-dealkylation sites (tertiary alicyclic amines) is 1. The summed E-state index contributed by atoms with van der Waals surface area (Å²) in [4.78, 5) is 13.7. The first-order chi connectivity index (χ1) is 7.64. The van der Waals surface area contributed by atoms with Gasteiger partial charge in [0.1, 0.15) is 5.60 Å². The average molecular weight is 243 g/mol. The van der Waals surface area contributed by atoms with Crippen LogP contribution in [-0.2, 0) is 4.74 Å². The van der Waals surface area contributed by atoms with Gasteiger partial charge in [-0.15, -0.1) is 0 Å². The molecule has 1 aliphatic heterocycles.